The SMILES string of the molecule is c1cc2c(cc1OCCCCN1CCCCC1)OCCC2. The van der Waals surface area contributed by atoms with Crippen LogP contribution in [0.2, 0.25) is 0 Å². The van der Waals surface area contributed by atoms with E-state index in [2.05, 4.69) is 23.1 Å². The van der Waals surface area contributed by atoms with Gasteiger partial charge in [0.15, 0.2) is 0 Å². The molecule has 2 heterocycles. The number of rotatable bonds is 6. The maximum absolute atomic E-state index is 5.86. The quantitative estimate of drug-likeness (QED) is 0.746. The van der Waals surface area contributed by atoms with Gasteiger partial charge in [0.1, 0.15) is 11.5 Å². The Hall–Kier alpha value is -1.22. The molecule has 0 aromatic heterocycles. The maximum atomic E-state index is 5.86. The molecule has 0 N–H and O–H groups in total. The Morgan fingerprint density at radius 2 is 1.95 bits per heavy atom. The molecule has 21 heavy (non-hydrogen) atoms. The summed E-state index contributed by atoms with van der Waals surface area (Å²) < 4.78 is 11.5. The van der Waals surface area contributed by atoms with Crippen LogP contribution >= 0.6 is 0 Å². The minimum absolute atomic E-state index is 0.812. The Kier molecular flexibility index (Phi) is 5.39. The average molecular weight is 289 g/mol. The number of piperidine rings is 1. The molecule has 1 saturated heterocycles. The van der Waals surface area contributed by atoms with Gasteiger partial charge >= 0.3 is 0 Å². The largest absolute Gasteiger partial charge is 0.493 e. The molecular weight excluding hydrogens is 262 g/mol. The van der Waals surface area contributed by atoms with Crippen LogP contribution in [0.25, 0.3) is 0 Å². The number of aryl methyl sites for hydroxylation is 1. The number of unbranched alkanes of at least 4 members (excludes halogenated alkanes) is 1. The number of ether oxygens (including phenoxy) is 2. The summed E-state index contributed by atoms with van der Waals surface area (Å²) in [4.78, 5) is 2.59. The van der Waals surface area contributed by atoms with Gasteiger partial charge in [-0.05, 0) is 69.8 Å². The molecule has 0 saturated carbocycles. The monoisotopic (exact) mass is 289 g/mol. The molecule has 3 heteroatoms. The second kappa shape index (κ2) is 7.69. The average Bonchev–Trinajstić information content (AvgIpc) is 2.55. The van der Waals surface area contributed by atoms with Crippen molar-refractivity contribution in [2.45, 2.75) is 44.9 Å². The molecule has 0 bridgehead atoms. The summed E-state index contributed by atoms with van der Waals surface area (Å²) in [5.41, 5.74) is 1.32. The molecule has 3 nitrogen and oxygen atoms in total. The number of benzene rings is 1. The van der Waals surface area contributed by atoms with Crippen LogP contribution in [-0.2, 0) is 6.42 Å². The Bertz CT molecular complexity index is 441. The van der Waals surface area contributed by atoms with E-state index in [1.165, 1.54) is 50.9 Å². The van der Waals surface area contributed by atoms with E-state index in [9.17, 15) is 0 Å². The lowest BCUT2D eigenvalue weighted by Gasteiger charge is -2.26. The van der Waals surface area contributed by atoms with Gasteiger partial charge in [0, 0.05) is 6.07 Å². The number of likely N-dealkylation sites (tertiary alicyclic amines) is 1. The molecule has 0 spiro atoms. The number of hydrogen-bond donors (Lipinski definition) is 0. The lowest BCUT2D eigenvalue weighted by atomic mass is 10.1. The van der Waals surface area contributed by atoms with Gasteiger partial charge in [0.25, 0.3) is 0 Å². The number of fused-ring (bicyclic) bond motifs is 1. The molecule has 0 radical (unpaired) electrons. The molecule has 1 aromatic carbocycles. The van der Waals surface area contributed by atoms with E-state index in [1.807, 2.05) is 0 Å². The van der Waals surface area contributed by atoms with Crippen LogP contribution in [-0.4, -0.2) is 37.7 Å². The highest BCUT2D eigenvalue weighted by Crippen LogP contribution is 2.29. The lowest BCUT2D eigenvalue weighted by Crippen LogP contribution is -2.30. The molecule has 0 amide bonds. The standard InChI is InChI=1S/C18H27NO2/c1-2-10-19(11-3-1)12-4-5-13-20-17-9-8-16-7-6-14-21-18(16)15-17/h8-9,15H,1-7,10-14H2. The summed E-state index contributed by atoms with van der Waals surface area (Å²) in [6.45, 7) is 5.47. The topological polar surface area (TPSA) is 21.7 Å². The predicted octanol–water partition coefficient (Wildman–Crippen LogP) is 3.66. The normalized spacial score (nSPS) is 18.9. The van der Waals surface area contributed by atoms with Gasteiger partial charge in [-0.2, -0.15) is 0 Å². The van der Waals surface area contributed by atoms with E-state index < -0.39 is 0 Å². The zero-order valence-corrected chi connectivity index (χ0v) is 13.0. The summed E-state index contributed by atoms with van der Waals surface area (Å²) >= 11 is 0. The van der Waals surface area contributed by atoms with E-state index >= 15 is 0 Å². The molecule has 1 aromatic rings. The van der Waals surface area contributed by atoms with Crippen molar-refractivity contribution in [3.63, 3.8) is 0 Å². The smallest absolute Gasteiger partial charge is 0.126 e. The summed E-state index contributed by atoms with van der Waals surface area (Å²) in [6, 6.07) is 6.29. The van der Waals surface area contributed by atoms with Gasteiger partial charge < -0.3 is 14.4 Å². The molecule has 1 fully saturated rings. The van der Waals surface area contributed by atoms with Crippen molar-refractivity contribution in [2.75, 3.05) is 32.8 Å². The first-order valence-corrected chi connectivity index (χ1v) is 8.53. The Labute approximate surface area is 128 Å². The molecular formula is C18H27NO2. The van der Waals surface area contributed by atoms with Crippen molar-refractivity contribution in [3.05, 3.63) is 23.8 Å². The molecule has 116 valence electrons. The van der Waals surface area contributed by atoms with Gasteiger partial charge in [0.2, 0.25) is 0 Å². The van der Waals surface area contributed by atoms with E-state index in [-0.39, 0.29) is 0 Å². The summed E-state index contributed by atoms with van der Waals surface area (Å²) in [5, 5.41) is 0. The fourth-order valence-corrected chi connectivity index (χ4v) is 3.22. The zero-order valence-electron chi connectivity index (χ0n) is 13.0. The molecule has 3 rings (SSSR count). The first kappa shape index (κ1) is 14.7. The fourth-order valence-electron chi connectivity index (χ4n) is 3.22. The Balaban J connectivity index is 1.35. The molecule has 0 unspecified atom stereocenters. The highest BCUT2D eigenvalue weighted by atomic mass is 16.5. The second-order valence-corrected chi connectivity index (χ2v) is 6.18. The van der Waals surface area contributed by atoms with Gasteiger partial charge in [-0.25, -0.2) is 0 Å². The molecule has 0 aliphatic carbocycles. The lowest BCUT2D eigenvalue weighted by molar-refractivity contribution is 0.215. The Morgan fingerprint density at radius 1 is 1.05 bits per heavy atom. The van der Waals surface area contributed by atoms with E-state index in [4.69, 9.17) is 9.47 Å². The third-order valence-corrected chi connectivity index (χ3v) is 4.47. The van der Waals surface area contributed by atoms with Gasteiger partial charge in [-0.1, -0.05) is 12.5 Å². The maximum Gasteiger partial charge on any atom is 0.126 e. The highest BCUT2D eigenvalue weighted by Gasteiger charge is 2.11. The summed E-state index contributed by atoms with van der Waals surface area (Å²) in [5.74, 6) is 1.97. The second-order valence-electron chi connectivity index (χ2n) is 6.18. The number of nitrogens with zero attached hydrogens (tertiary/aromatic N) is 1. The molecule has 2 aliphatic rings. The predicted molar refractivity (Wildman–Crippen MR) is 85.3 cm³/mol. The third-order valence-electron chi connectivity index (χ3n) is 4.47. The minimum Gasteiger partial charge on any atom is -0.493 e. The fraction of sp³-hybridized carbons (Fsp3) is 0.667. The van der Waals surface area contributed by atoms with Crippen molar-refractivity contribution in [1.82, 2.24) is 4.90 Å². The van der Waals surface area contributed by atoms with Crippen molar-refractivity contribution in [3.8, 4) is 11.5 Å². The van der Waals surface area contributed by atoms with Crippen molar-refractivity contribution in [2.24, 2.45) is 0 Å². The molecule has 2 aliphatic heterocycles. The van der Waals surface area contributed by atoms with Crippen LogP contribution < -0.4 is 9.47 Å². The van der Waals surface area contributed by atoms with Crippen LogP contribution in [0.1, 0.15) is 44.1 Å². The van der Waals surface area contributed by atoms with Crippen LogP contribution in [0.4, 0.5) is 0 Å². The van der Waals surface area contributed by atoms with Crippen LogP contribution in [0.3, 0.4) is 0 Å². The van der Waals surface area contributed by atoms with E-state index in [0.717, 1.165) is 44.0 Å². The highest BCUT2D eigenvalue weighted by molar-refractivity contribution is 5.41. The van der Waals surface area contributed by atoms with Gasteiger partial charge in [-0.3, -0.25) is 0 Å². The van der Waals surface area contributed by atoms with Crippen LogP contribution in [0.5, 0.6) is 11.5 Å². The summed E-state index contributed by atoms with van der Waals surface area (Å²) in [7, 11) is 0. The minimum atomic E-state index is 0.812. The van der Waals surface area contributed by atoms with E-state index in [1.54, 1.807) is 0 Å². The van der Waals surface area contributed by atoms with E-state index in [0.29, 0.717) is 0 Å². The number of hydrogen-bond acceptors (Lipinski definition) is 3. The zero-order chi connectivity index (χ0) is 14.3. The van der Waals surface area contributed by atoms with Gasteiger partial charge in [-0.15, -0.1) is 0 Å². The van der Waals surface area contributed by atoms with Gasteiger partial charge in [0.05, 0.1) is 13.2 Å². The first-order chi connectivity index (χ1) is 10.4. The van der Waals surface area contributed by atoms with Crippen molar-refractivity contribution >= 4 is 0 Å². The first-order valence-electron chi connectivity index (χ1n) is 8.53. The van der Waals surface area contributed by atoms with Crippen LogP contribution in [0.15, 0.2) is 18.2 Å². The van der Waals surface area contributed by atoms with Crippen molar-refractivity contribution in [1.29, 1.82) is 0 Å². The summed E-state index contributed by atoms with van der Waals surface area (Å²) in [6.07, 6.45) is 8.81. The Morgan fingerprint density at radius 3 is 2.86 bits per heavy atom. The van der Waals surface area contributed by atoms with Crippen LogP contribution in [0, 0.1) is 0 Å². The molecule has 0 atom stereocenters. The third kappa shape index (κ3) is 4.37. The van der Waals surface area contributed by atoms with Crippen molar-refractivity contribution < 1.29 is 9.47 Å².